The number of benzene rings is 3. The smallest absolute Gasteiger partial charge is 0.0730 e. The van der Waals surface area contributed by atoms with Crippen LogP contribution in [0.25, 0.3) is 21.8 Å². The highest BCUT2D eigenvalue weighted by atomic mass is 79.9. The van der Waals surface area contributed by atoms with Gasteiger partial charge >= 0.3 is 0 Å². The van der Waals surface area contributed by atoms with Crippen molar-refractivity contribution >= 4 is 49.1 Å². The van der Waals surface area contributed by atoms with Gasteiger partial charge in [0.15, 0.2) is 0 Å². The van der Waals surface area contributed by atoms with Crippen LogP contribution in [0, 0.1) is 0 Å². The van der Waals surface area contributed by atoms with Crippen LogP contribution in [0.4, 0.5) is 11.4 Å². The van der Waals surface area contributed by atoms with Gasteiger partial charge in [-0.15, -0.1) is 0 Å². The van der Waals surface area contributed by atoms with E-state index in [4.69, 9.17) is 4.98 Å². The van der Waals surface area contributed by atoms with Crippen molar-refractivity contribution < 1.29 is 0 Å². The number of halogens is 1. The normalized spacial score (nSPS) is 11.0. The topological polar surface area (TPSA) is 16.1 Å². The van der Waals surface area contributed by atoms with Crippen molar-refractivity contribution in [2.24, 2.45) is 0 Å². The zero-order chi connectivity index (χ0) is 15.8. The molecule has 1 heterocycles. The van der Waals surface area contributed by atoms with Gasteiger partial charge < -0.3 is 4.90 Å². The second-order valence-corrected chi connectivity index (χ2v) is 6.36. The molecule has 0 unspecified atom stereocenters. The fourth-order valence-electron chi connectivity index (χ4n) is 3.02. The quantitative estimate of drug-likeness (QED) is 0.411. The molecule has 0 aliphatic carbocycles. The summed E-state index contributed by atoms with van der Waals surface area (Å²) in [7, 11) is 2.11. The molecule has 112 valence electrons. The summed E-state index contributed by atoms with van der Waals surface area (Å²) in [6.45, 7) is 0. The molecular weight excluding hydrogens is 348 g/mol. The van der Waals surface area contributed by atoms with Crippen molar-refractivity contribution in [3.8, 4) is 0 Å². The highest BCUT2D eigenvalue weighted by Gasteiger charge is 2.15. The zero-order valence-electron chi connectivity index (χ0n) is 12.7. The highest BCUT2D eigenvalue weighted by Crippen LogP contribution is 2.38. The van der Waals surface area contributed by atoms with Crippen LogP contribution in [0.2, 0.25) is 0 Å². The first-order valence-electron chi connectivity index (χ1n) is 7.51. The van der Waals surface area contributed by atoms with Crippen LogP contribution in [-0.4, -0.2) is 12.0 Å². The van der Waals surface area contributed by atoms with E-state index in [0.717, 1.165) is 32.0 Å². The number of pyridine rings is 1. The number of nitrogens with zero attached hydrogens (tertiary/aromatic N) is 2. The first-order valence-corrected chi connectivity index (χ1v) is 8.31. The summed E-state index contributed by atoms with van der Waals surface area (Å²) in [4.78, 5) is 7.03. The van der Waals surface area contributed by atoms with E-state index in [1.54, 1.807) is 0 Å². The predicted octanol–water partition coefficient (Wildman–Crippen LogP) is 5.92. The van der Waals surface area contributed by atoms with Gasteiger partial charge in [0.1, 0.15) is 0 Å². The number of aromatic nitrogens is 1. The Labute approximate surface area is 143 Å². The number of fused-ring (bicyclic) bond motifs is 2. The number of para-hydroxylation sites is 3. The predicted molar refractivity (Wildman–Crippen MR) is 101 cm³/mol. The molecule has 4 aromatic rings. The summed E-state index contributed by atoms with van der Waals surface area (Å²) in [5, 5.41) is 2.31. The SMILES string of the molecule is CN(c1ccccc1Br)c1c2ccccc2nc2ccccc12. The van der Waals surface area contributed by atoms with Crippen molar-refractivity contribution in [2.45, 2.75) is 0 Å². The van der Waals surface area contributed by atoms with E-state index >= 15 is 0 Å². The third-order valence-electron chi connectivity index (χ3n) is 4.11. The van der Waals surface area contributed by atoms with E-state index in [1.807, 2.05) is 18.2 Å². The maximum atomic E-state index is 4.80. The molecule has 2 nitrogen and oxygen atoms in total. The standard InChI is InChI=1S/C20H15BrN2/c1-23(19-13-7-4-10-16(19)21)20-14-8-2-5-11-17(14)22-18-12-6-3-9-15(18)20/h2-13H,1H3. The Morgan fingerprint density at radius 3 is 1.87 bits per heavy atom. The van der Waals surface area contributed by atoms with Crippen molar-refractivity contribution in [2.75, 3.05) is 11.9 Å². The van der Waals surface area contributed by atoms with Gasteiger partial charge in [0.05, 0.1) is 22.4 Å². The summed E-state index contributed by atoms with van der Waals surface area (Å²) in [6, 6.07) is 24.9. The summed E-state index contributed by atoms with van der Waals surface area (Å²) in [6.07, 6.45) is 0. The van der Waals surface area contributed by atoms with Crippen molar-refractivity contribution in [3.63, 3.8) is 0 Å². The van der Waals surface area contributed by atoms with E-state index in [0.29, 0.717) is 0 Å². The van der Waals surface area contributed by atoms with Crippen LogP contribution in [0.15, 0.2) is 77.3 Å². The van der Waals surface area contributed by atoms with Crippen molar-refractivity contribution in [3.05, 3.63) is 77.3 Å². The fraction of sp³-hybridized carbons (Fsp3) is 0.0500. The maximum Gasteiger partial charge on any atom is 0.0730 e. The average Bonchev–Trinajstić information content (AvgIpc) is 2.59. The summed E-state index contributed by atoms with van der Waals surface area (Å²) < 4.78 is 1.08. The van der Waals surface area contributed by atoms with Crippen LogP contribution in [0.3, 0.4) is 0 Å². The zero-order valence-corrected chi connectivity index (χ0v) is 14.3. The fourth-order valence-corrected chi connectivity index (χ4v) is 3.57. The molecule has 0 aliphatic heterocycles. The Morgan fingerprint density at radius 2 is 1.26 bits per heavy atom. The number of hydrogen-bond donors (Lipinski definition) is 0. The first kappa shape index (κ1) is 14.2. The molecule has 0 amide bonds. The van der Waals surface area contributed by atoms with E-state index < -0.39 is 0 Å². The monoisotopic (exact) mass is 362 g/mol. The molecule has 0 aliphatic rings. The van der Waals surface area contributed by atoms with Crippen molar-refractivity contribution in [1.29, 1.82) is 0 Å². The van der Waals surface area contributed by atoms with Crippen LogP contribution < -0.4 is 4.90 Å². The minimum Gasteiger partial charge on any atom is -0.343 e. The number of hydrogen-bond acceptors (Lipinski definition) is 2. The van der Waals surface area contributed by atoms with Crippen LogP contribution >= 0.6 is 15.9 Å². The van der Waals surface area contributed by atoms with Gasteiger partial charge in [-0.3, -0.25) is 0 Å². The maximum absolute atomic E-state index is 4.80. The second kappa shape index (κ2) is 5.67. The third kappa shape index (κ3) is 2.37. The minimum absolute atomic E-state index is 1.01. The lowest BCUT2D eigenvalue weighted by Crippen LogP contribution is -2.11. The molecule has 0 saturated carbocycles. The Hall–Kier alpha value is -2.39. The molecule has 0 N–H and O–H groups in total. The van der Waals surface area contributed by atoms with E-state index in [2.05, 4.69) is 82.5 Å². The Balaban J connectivity index is 2.09. The number of rotatable bonds is 2. The molecule has 0 radical (unpaired) electrons. The minimum atomic E-state index is 1.01. The van der Waals surface area contributed by atoms with Gasteiger partial charge in [-0.25, -0.2) is 4.98 Å². The molecule has 0 atom stereocenters. The molecule has 3 heteroatoms. The third-order valence-corrected chi connectivity index (χ3v) is 4.78. The molecule has 0 bridgehead atoms. The van der Waals surface area contributed by atoms with Crippen LogP contribution in [-0.2, 0) is 0 Å². The summed E-state index contributed by atoms with van der Waals surface area (Å²) in [5.74, 6) is 0. The average molecular weight is 363 g/mol. The van der Waals surface area contributed by atoms with Crippen molar-refractivity contribution in [1.82, 2.24) is 4.98 Å². The van der Waals surface area contributed by atoms with E-state index in [9.17, 15) is 0 Å². The Kier molecular flexibility index (Phi) is 3.50. The molecule has 0 saturated heterocycles. The van der Waals surface area contributed by atoms with Crippen LogP contribution in [0.1, 0.15) is 0 Å². The van der Waals surface area contributed by atoms with E-state index in [-0.39, 0.29) is 0 Å². The lowest BCUT2D eigenvalue weighted by atomic mass is 10.1. The Bertz CT molecular complexity index is 956. The Morgan fingerprint density at radius 1 is 0.739 bits per heavy atom. The molecule has 0 fully saturated rings. The largest absolute Gasteiger partial charge is 0.343 e. The second-order valence-electron chi connectivity index (χ2n) is 5.51. The molecule has 4 rings (SSSR count). The number of anilines is 2. The first-order chi connectivity index (χ1) is 11.3. The molecule has 0 spiro atoms. The van der Waals surface area contributed by atoms with E-state index in [1.165, 1.54) is 5.69 Å². The van der Waals surface area contributed by atoms with Gasteiger partial charge in [-0.1, -0.05) is 48.5 Å². The summed E-state index contributed by atoms with van der Waals surface area (Å²) in [5.41, 5.74) is 4.34. The van der Waals surface area contributed by atoms with Gasteiger partial charge in [0, 0.05) is 22.3 Å². The van der Waals surface area contributed by atoms with Crippen LogP contribution in [0.5, 0.6) is 0 Å². The lowest BCUT2D eigenvalue weighted by Gasteiger charge is -2.24. The molecule has 1 aromatic heterocycles. The van der Waals surface area contributed by atoms with Gasteiger partial charge in [-0.05, 0) is 40.2 Å². The van der Waals surface area contributed by atoms with Gasteiger partial charge in [-0.2, -0.15) is 0 Å². The molecule has 23 heavy (non-hydrogen) atoms. The molecule has 3 aromatic carbocycles. The lowest BCUT2D eigenvalue weighted by molar-refractivity contribution is 1.22. The van der Waals surface area contributed by atoms with Gasteiger partial charge in [0.25, 0.3) is 0 Å². The van der Waals surface area contributed by atoms with Gasteiger partial charge in [0.2, 0.25) is 0 Å². The summed E-state index contributed by atoms with van der Waals surface area (Å²) >= 11 is 3.66. The highest BCUT2D eigenvalue weighted by molar-refractivity contribution is 9.10. The molecular formula is C20H15BrN2.